The lowest BCUT2D eigenvalue weighted by Crippen LogP contribution is -1.89. The molecule has 0 atom stereocenters. The summed E-state index contributed by atoms with van der Waals surface area (Å²) in [6.45, 7) is 4.25. The Morgan fingerprint density at radius 2 is 2.08 bits per heavy atom. The minimum Gasteiger partial charge on any atom is -0.496 e. The summed E-state index contributed by atoms with van der Waals surface area (Å²) in [6.07, 6.45) is 2.32. The van der Waals surface area contributed by atoms with Crippen LogP contribution in [0.1, 0.15) is 24.5 Å². The highest BCUT2D eigenvalue weighted by Gasteiger charge is 1.98. The molecular formula is C11H16O. The molecular weight excluding hydrogens is 148 g/mol. The molecule has 1 aromatic rings. The molecule has 1 aromatic carbocycles. The van der Waals surface area contributed by atoms with Gasteiger partial charge in [-0.05, 0) is 30.5 Å². The molecule has 0 fully saturated rings. The summed E-state index contributed by atoms with van der Waals surface area (Å²) in [4.78, 5) is 0. The Bertz CT molecular complexity index is 253. The van der Waals surface area contributed by atoms with Crippen molar-refractivity contribution in [2.45, 2.75) is 26.7 Å². The van der Waals surface area contributed by atoms with Crippen LogP contribution in [0.2, 0.25) is 0 Å². The lowest BCUT2D eigenvalue weighted by atomic mass is 10.1. The van der Waals surface area contributed by atoms with Crippen LogP contribution in [0.15, 0.2) is 18.2 Å². The van der Waals surface area contributed by atoms with Crippen LogP contribution in [-0.2, 0) is 6.42 Å². The van der Waals surface area contributed by atoms with Crippen molar-refractivity contribution in [1.82, 2.24) is 0 Å². The molecule has 0 heterocycles. The molecule has 0 bridgehead atoms. The normalized spacial score (nSPS) is 9.92. The zero-order valence-corrected chi connectivity index (χ0v) is 8.05. The van der Waals surface area contributed by atoms with E-state index in [2.05, 4.69) is 32.0 Å². The Morgan fingerprint density at radius 1 is 1.33 bits per heavy atom. The maximum atomic E-state index is 5.23. The Balaban J connectivity index is 2.89. The first-order valence-electron chi connectivity index (χ1n) is 4.41. The molecule has 12 heavy (non-hydrogen) atoms. The van der Waals surface area contributed by atoms with Crippen molar-refractivity contribution in [3.05, 3.63) is 29.3 Å². The number of hydrogen-bond donors (Lipinski definition) is 0. The summed E-state index contributed by atoms with van der Waals surface area (Å²) in [5.41, 5.74) is 2.57. The topological polar surface area (TPSA) is 9.23 Å². The number of rotatable bonds is 3. The second-order valence-electron chi connectivity index (χ2n) is 3.05. The third kappa shape index (κ3) is 2.00. The van der Waals surface area contributed by atoms with Gasteiger partial charge in [-0.2, -0.15) is 0 Å². The summed E-state index contributed by atoms with van der Waals surface area (Å²) >= 11 is 0. The van der Waals surface area contributed by atoms with Gasteiger partial charge in [0.1, 0.15) is 5.75 Å². The minimum absolute atomic E-state index is 1.00. The van der Waals surface area contributed by atoms with Gasteiger partial charge >= 0.3 is 0 Å². The van der Waals surface area contributed by atoms with Crippen molar-refractivity contribution >= 4 is 0 Å². The molecule has 0 aliphatic carbocycles. The molecule has 1 nitrogen and oxygen atoms in total. The smallest absolute Gasteiger partial charge is 0.122 e. The molecule has 0 saturated heterocycles. The number of aryl methyl sites for hydroxylation is 2. The summed E-state index contributed by atoms with van der Waals surface area (Å²) in [5, 5.41) is 0. The molecule has 0 radical (unpaired) electrons. The van der Waals surface area contributed by atoms with E-state index in [1.165, 1.54) is 17.5 Å². The van der Waals surface area contributed by atoms with E-state index in [-0.39, 0.29) is 0 Å². The zero-order valence-electron chi connectivity index (χ0n) is 8.05. The van der Waals surface area contributed by atoms with E-state index in [0.29, 0.717) is 0 Å². The second-order valence-corrected chi connectivity index (χ2v) is 3.05. The van der Waals surface area contributed by atoms with Crippen LogP contribution in [0.3, 0.4) is 0 Å². The van der Waals surface area contributed by atoms with Crippen LogP contribution >= 0.6 is 0 Å². The zero-order chi connectivity index (χ0) is 8.97. The van der Waals surface area contributed by atoms with E-state index in [1.54, 1.807) is 7.11 Å². The van der Waals surface area contributed by atoms with Crippen molar-refractivity contribution in [2.24, 2.45) is 0 Å². The van der Waals surface area contributed by atoms with Crippen molar-refractivity contribution in [3.63, 3.8) is 0 Å². The van der Waals surface area contributed by atoms with Crippen molar-refractivity contribution < 1.29 is 4.74 Å². The molecule has 1 heteroatoms. The first kappa shape index (κ1) is 9.11. The quantitative estimate of drug-likeness (QED) is 0.667. The van der Waals surface area contributed by atoms with Crippen LogP contribution in [0, 0.1) is 6.92 Å². The van der Waals surface area contributed by atoms with Crippen molar-refractivity contribution in [1.29, 1.82) is 0 Å². The molecule has 0 saturated carbocycles. The molecule has 0 aromatic heterocycles. The predicted octanol–water partition coefficient (Wildman–Crippen LogP) is 2.96. The fourth-order valence-corrected chi connectivity index (χ4v) is 1.31. The van der Waals surface area contributed by atoms with Crippen LogP contribution in [0.25, 0.3) is 0 Å². The van der Waals surface area contributed by atoms with Gasteiger partial charge in [-0.15, -0.1) is 0 Å². The van der Waals surface area contributed by atoms with Gasteiger partial charge in [-0.1, -0.05) is 25.5 Å². The van der Waals surface area contributed by atoms with Gasteiger partial charge in [0.25, 0.3) is 0 Å². The van der Waals surface area contributed by atoms with Gasteiger partial charge in [0, 0.05) is 0 Å². The Kier molecular flexibility index (Phi) is 3.15. The molecule has 0 spiro atoms. The predicted molar refractivity (Wildman–Crippen MR) is 51.7 cm³/mol. The van der Waals surface area contributed by atoms with E-state index in [0.717, 1.165) is 12.2 Å². The van der Waals surface area contributed by atoms with Gasteiger partial charge in [-0.3, -0.25) is 0 Å². The maximum Gasteiger partial charge on any atom is 0.122 e. The van der Waals surface area contributed by atoms with E-state index < -0.39 is 0 Å². The number of methoxy groups -OCH3 is 1. The fourth-order valence-electron chi connectivity index (χ4n) is 1.31. The van der Waals surface area contributed by atoms with E-state index in [4.69, 9.17) is 4.74 Å². The Hall–Kier alpha value is -0.980. The Labute approximate surface area is 74.4 Å². The van der Waals surface area contributed by atoms with Gasteiger partial charge in [-0.25, -0.2) is 0 Å². The van der Waals surface area contributed by atoms with Crippen LogP contribution in [-0.4, -0.2) is 7.11 Å². The third-order valence-corrected chi connectivity index (χ3v) is 2.01. The molecule has 0 aliphatic rings. The van der Waals surface area contributed by atoms with Gasteiger partial charge in [0.2, 0.25) is 0 Å². The monoisotopic (exact) mass is 164 g/mol. The average Bonchev–Trinajstić information content (AvgIpc) is 2.09. The third-order valence-electron chi connectivity index (χ3n) is 2.01. The summed E-state index contributed by atoms with van der Waals surface area (Å²) in [6, 6.07) is 6.41. The Morgan fingerprint density at radius 3 is 2.67 bits per heavy atom. The van der Waals surface area contributed by atoms with Gasteiger partial charge < -0.3 is 4.74 Å². The average molecular weight is 164 g/mol. The van der Waals surface area contributed by atoms with Crippen molar-refractivity contribution in [2.75, 3.05) is 7.11 Å². The molecule has 66 valence electrons. The second kappa shape index (κ2) is 4.15. The standard InChI is InChI=1S/C11H16O/c1-4-5-10-7-6-9(2)11(8-10)12-3/h6-8H,4-5H2,1-3H3. The fraction of sp³-hybridized carbons (Fsp3) is 0.455. The summed E-state index contributed by atoms with van der Waals surface area (Å²) in [7, 11) is 1.72. The van der Waals surface area contributed by atoms with Gasteiger partial charge in [0.05, 0.1) is 7.11 Å². The lowest BCUT2D eigenvalue weighted by Gasteiger charge is -2.06. The molecule has 0 amide bonds. The maximum absolute atomic E-state index is 5.23. The van der Waals surface area contributed by atoms with E-state index in [9.17, 15) is 0 Å². The van der Waals surface area contributed by atoms with Crippen LogP contribution in [0.4, 0.5) is 0 Å². The van der Waals surface area contributed by atoms with E-state index >= 15 is 0 Å². The number of benzene rings is 1. The lowest BCUT2D eigenvalue weighted by molar-refractivity contribution is 0.411. The minimum atomic E-state index is 1.00. The molecule has 1 rings (SSSR count). The highest BCUT2D eigenvalue weighted by atomic mass is 16.5. The van der Waals surface area contributed by atoms with Crippen LogP contribution < -0.4 is 4.74 Å². The molecule has 0 N–H and O–H groups in total. The largest absolute Gasteiger partial charge is 0.496 e. The highest BCUT2D eigenvalue weighted by molar-refractivity contribution is 5.36. The highest BCUT2D eigenvalue weighted by Crippen LogP contribution is 2.19. The van der Waals surface area contributed by atoms with Crippen molar-refractivity contribution in [3.8, 4) is 5.75 Å². The summed E-state index contributed by atoms with van der Waals surface area (Å²) < 4.78 is 5.23. The number of hydrogen-bond acceptors (Lipinski definition) is 1. The van der Waals surface area contributed by atoms with Gasteiger partial charge in [0.15, 0.2) is 0 Å². The molecule has 0 aliphatic heterocycles. The van der Waals surface area contributed by atoms with Crippen LogP contribution in [0.5, 0.6) is 5.75 Å². The van der Waals surface area contributed by atoms with E-state index in [1.807, 2.05) is 0 Å². The first-order valence-corrected chi connectivity index (χ1v) is 4.41. The SMILES string of the molecule is CCCc1ccc(C)c(OC)c1. The molecule has 0 unspecified atom stereocenters. The number of ether oxygens (including phenoxy) is 1. The first-order chi connectivity index (χ1) is 5.77. The summed E-state index contributed by atoms with van der Waals surface area (Å²) in [5.74, 6) is 1.00.